The molecular weight excluding hydrogens is 387 g/mol. The van der Waals surface area contributed by atoms with Gasteiger partial charge < -0.3 is 15.0 Å². The van der Waals surface area contributed by atoms with Gasteiger partial charge in [-0.3, -0.25) is 4.79 Å². The second kappa shape index (κ2) is 9.72. The number of alkyl halides is 3. The van der Waals surface area contributed by atoms with Crippen molar-refractivity contribution in [1.29, 1.82) is 0 Å². The molecule has 9 heteroatoms. The fraction of sp³-hybridized carbons (Fsp3) is 0.250. The Labute approximate surface area is 166 Å². The van der Waals surface area contributed by atoms with Crippen LogP contribution in [0.15, 0.2) is 52.8 Å². The van der Waals surface area contributed by atoms with E-state index in [0.29, 0.717) is 16.7 Å². The molecule has 6 nitrogen and oxygen atoms in total. The van der Waals surface area contributed by atoms with E-state index in [9.17, 15) is 18.0 Å². The molecule has 2 rings (SSSR count). The molecule has 0 aliphatic rings. The van der Waals surface area contributed by atoms with Gasteiger partial charge in [0.25, 0.3) is 5.91 Å². The van der Waals surface area contributed by atoms with Crippen LogP contribution in [0.1, 0.15) is 27.8 Å². The van der Waals surface area contributed by atoms with E-state index >= 15 is 0 Å². The van der Waals surface area contributed by atoms with E-state index in [1.54, 1.807) is 12.1 Å². The summed E-state index contributed by atoms with van der Waals surface area (Å²) in [4.78, 5) is 22.2. The number of carbonyl (C=O) groups excluding carboxylic acids is 1. The number of aryl methyl sites for hydroxylation is 1. The largest absolute Gasteiger partial charge is 0.416 e. The molecule has 2 aromatic carbocycles. The molecule has 0 fully saturated rings. The van der Waals surface area contributed by atoms with Gasteiger partial charge in [-0.25, -0.2) is 0 Å². The van der Waals surface area contributed by atoms with E-state index in [1.165, 1.54) is 32.5 Å². The van der Waals surface area contributed by atoms with Crippen molar-refractivity contribution >= 4 is 17.8 Å². The van der Waals surface area contributed by atoms with Gasteiger partial charge in [-0.05, 0) is 30.2 Å². The normalized spacial score (nSPS) is 12.1. The molecule has 2 aromatic rings. The molecule has 1 amide bonds. The number of nitrogens with zero attached hydrogens (tertiary/aromatic N) is 2. The Morgan fingerprint density at radius 1 is 1.17 bits per heavy atom. The van der Waals surface area contributed by atoms with E-state index < -0.39 is 17.6 Å². The number of halogens is 3. The summed E-state index contributed by atoms with van der Waals surface area (Å²) in [7, 11) is 2.82. The quantitative estimate of drug-likeness (QED) is 0.562. The van der Waals surface area contributed by atoms with Crippen molar-refractivity contribution in [3.05, 3.63) is 70.3 Å². The van der Waals surface area contributed by atoms with Gasteiger partial charge in [-0.2, -0.15) is 13.2 Å². The highest BCUT2D eigenvalue weighted by molar-refractivity contribution is 6.45. The summed E-state index contributed by atoms with van der Waals surface area (Å²) in [6.07, 6.45) is -3.08. The van der Waals surface area contributed by atoms with Crippen molar-refractivity contribution in [1.82, 2.24) is 5.32 Å². The molecule has 29 heavy (non-hydrogen) atoms. The average molecular weight is 407 g/mol. The molecule has 0 atom stereocenters. The SMILES string of the molecule is CNC(=O)/C(=N/OC)c1cccc(C)c1CO/N=C/c1ccc(C(F)(F)F)cc1. The van der Waals surface area contributed by atoms with E-state index in [1.807, 2.05) is 13.0 Å². The lowest BCUT2D eigenvalue weighted by Crippen LogP contribution is -2.29. The molecule has 1 N–H and O–H groups in total. The van der Waals surface area contributed by atoms with Crippen LogP contribution in [0.3, 0.4) is 0 Å². The van der Waals surface area contributed by atoms with Crippen molar-refractivity contribution in [3.8, 4) is 0 Å². The summed E-state index contributed by atoms with van der Waals surface area (Å²) in [5.74, 6) is -0.424. The molecule has 0 saturated heterocycles. The molecule has 0 aromatic heterocycles. The number of carbonyl (C=O) groups is 1. The van der Waals surface area contributed by atoms with E-state index in [4.69, 9.17) is 9.68 Å². The van der Waals surface area contributed by atoms with Crippen molar-refractivity contribution in [3.63, 3.8) is 0 Å². The lowest BCUT2D eigenvalue weighted by molar-refractivity contribution is -0.137. The van der Waals surface area contributed by atoms with E-state index in [0.717, 1.165) is 17.7 Å². The number of benzene rings is 2. The zero-order chi connectivity index (χ0) is 21.4. The Morgan fingerprint density at radius 3 is 2.45 bits per heavy atom. The number of likely N-dealkylation sites (N-methyl/N-ethyl adjacent to an activating group) is 1. The van der Waals surface area contributed by atoms with Crippen LogP contribution >= 0.6 is 0 Å². The van der Waals surface area contributed by atoms with Crippen molar-refractivity contribution < 1.29 is 27.6 Å². The maximum Gasteiger partial charge on any atom is 0.416 e. The second-order valence-electron chi connectivity index (χ2n) is 5.93. The number of oxime groups is 2. The third-order valence-electron chi connectivity index (χ3n) is 4.01. The lowest BCUT2D eigenvalue weighted by atomic mass is 9.98. The molecule has 0 unspecified atom stereocenters. The molecule has 154 valence electrons. The highest BCUT2D eigenvalue weighted by Gasteiger charge is 2.29. The van der Waals surface area contributed by atoms with Gasteiger partial charge in [-0.1, -0.05) is 40.6 Å². The first kappa shape index (κ1) is 21.9. The highest BCUT2D eigenvalue weighted by atomic mass is 19.4. The molecular formula is C20H20F3N3O3. The summed E-state index contributed by atoms with van der Waals surface area (Å²) in [5, 5.41) is 10.1. The van der Waals surface area contributed by atoms with Gasteiger partial charge >= 0.3 is 6.18 Å². The fourth-order valence-corrected chi connectivity index (χ4v) is 2.50. The maximum atomic E-state index is 12.6. The van der Waals surface area contributed by atoms with Crippen LogP contribution in [0.5, 0.6) is 0 Å². The first-order valence-electron chi connectivity index (χ1n) is 8.52. The lowest BCUT2D eigenvalue weighted by Gasteiger charge is -2.12. The predicted octanol–water partition coefficient (Wildman–Crippen LogP) is 3.66. The molecule has 0 aliphatic heterocycles. The number of hydrogen-bond acceptors (Lipinski definition) is 5. The van der Waals surface area contributed by atoms with Crippen LogP contribution in [-0.2, 0) is 27.3 Å². The van der Waals surface area contributed by atoms with Crippen LogP contribution in [0.4, 0.5) is 13.2 Å². The average Bonchev–Trinajstić information content (AvgIpc) is 2.69. The Morgan fingerprint density at radius 2 is 1.86 bits per heavy atom. The summed E-state index contributed by atoms with van der Waals surface area (Å²) < 4.78 is 37.8. The molecule has 0 heterocycles. The van der Waals surface area contributed by atoms with Gasteiger partial charge in [-0.15, -0.1) is 0 Å². The van der Waals surface area contributed by atoms with Crippen molar-refractivity contribution in [2.45, 2.75) is 19.7 Å². The predicted molar refractivity (Wildman–Crippen MR) is 103 cm³/mol. The molecule has 0 aliphatic carbocycles. The maximum absolute atomic E-state index is 12.6. The second-order valence-corrected chi connectivity index (χ2v) is 5.93. The number of nitrogens with one attached hydrogen (secondary N) is 1. The number of hydrogen-bond donors (Lipinski definition) is 1. The smallest absolute Gasteiger partial charge is 0.398 e. The zero-order valence-electron chi connectivity index (χ0n) is 16.1. The van der Waals surface area contributed by atoms with Gasteiger partial charge in [0.2, 0.25) is 0 Å². The topological polar surface area (TPSA) is 72.3 Å². The van der Waals surface area contributed by atoms with Gasteiger partial charge in [0.15, 0.2) is 5.71 Å². The van der Waals surface area contributed by atoms with Crippen LogP contribution in [0, 0.1) is 6.92 Å². The third-order valence-corrected chi connectivity index (χ3v) is 4.01. The highest BCUT2D eigenvalue weighted by Crippen LogP contribution is 2.28. The molecule has 0 spiro atoms. The minimum Gasteiger partial charge on any atom is -0.398 e. The van der Waals surface area contributed by atoms with Gasteiger partial charge in [0, 0.05) is 18.2 Å². The molecule has 0 bridgehead atoms. The Balaban J connectivity index is 2.16. The number of rotatable bonds is 7. The summed E-state index contributed by atoms with van der Waals surface area (Å²) in [5.41, 5.74) is 1.85. The minimum atomic E-state index is -4.39. The zero-order valence-corrected chi connectivity index (χ0v) is 16.1. The van der Waals surface area contributed by atoms with E-state index in [2.05, 4.69) is 15.6 Å². The minimum absolute atomic E-state index is 0.0267. The van der Waals surface area contributed by atoms with Gasteiger partial charge in [0.1, 0.15) is 13.7 Å². The summed E-state index contributed by atoms with van der Waals surface area (Å²) in [6, 6.07) is 9.85. The third kappa shape index (κ3) is 5.81. The van der Waals surface area contributed by atoms with Crippen LogP contribution in [0.2, 0.25) is 0 Å². The van der Waals surface area contributed by atoms with E-state index in [-0.39, 0.29) is 12.3 Å². The van der Waals surface area contributed by atoms with Crippen LogP contribution < -0.4 is 5.32 Å². The fourth-order valence-electron chi connectivity index (χ4n) is 2.50. The van der Waals surface area contributed by atoms with Gasteiger partial charge in [0.05, 0.1) is 11.8 Å². The Hall–Kier alpha value is -3.36. The molecule has 0 saturated carbocycles. The van der Waals surface area contributed by atoms with Crippen molar-refractivity contribution in [2.24, 2.45) is 10.3 Å². The number of amides is 1. The standard InChI is InChI=1S/C20H20F3N3O3/c1-13-5-4-6-16(18(26-28-3)19(27)24-2)17(13)12-29-25-11-14-7-9-15(10-8-14)20(21,22)23/h4-11H,12H2,1-3H3,(H,24,27)/b25-11+,26-18+. The Bertz CT molecular complexity index is 907. The monoisotopic (exact) mass is 407 g/mol. The van der Waals surface area contributed by atoms with Crippen LogP contribution in [-0.4, -0.2) is 32.0 Å². The van der Waals surface area contributed by atoms with Crippen LogP contribution in [0.25, 0.3) is 0 Å². The molecule has 0 radical (unpaired) electrons. The Kier molecular flexibility index (Phi) is 7.35. The summed E-state index contributed by atoms with van der Waals surface area (Å²) >= 11 is 0. The first-order chi connectivity index (χ1) is 13.8. The first-order valence-corrected chi connectivity index (χ1v) is 8.52. The van der Waals surface area contributed by atoms with Crippen molar-refractivity contribution in [2.75, 3.05) is 14.2 Å². The summed E-state index contributed by atoms with van der Waals surface area (Å²) in [6.45, 7) is 1.87.